The number of para-hydroxylation sites is 1. The molecule has 0 N–H and O–H groups in total. The molecule has 102 valence electrons. The molecule has 0 aromatic heterocycles. The van der Waals surface area contributed by atoms with Crippen LogP contribution in [0.3, 0.4) is 0 Å². The smallest absolute Gasteiger partial charge is 0.312 e. The highest BCUT2D eigenvalue weighted by Crippen LogP contribution is 2.31. The molecule has 19 heavy (non-hydrogen) atoms. The van der Waals surface area contributed by atoms with Gasteiger partial charge in [-0.3, -0.25) is 19.7 Å². The summed E-state index contributed by atoms with van der Waals surface area (Å²) in [4.78, 5) is 32.2. The molecule has 0 bridgehead atoms. The van der Waals surface area contributed by atoms with Crippen molar-refractivity contribution in [3.05, 3.63) is 33.9 Å². The summed E-state index contributed by atoms with van der Waals surface area (Å²) in [6.45, 7) is 2.58. The molecule has 0 amide bonds. The second kappa shape index (κ2) is 6.48. The first-order valence-electron chi connectivity index (χ1n) is 5.56. The van der Waals surface area contributed by atoms with Crippen LogP contribution in [0.1, 0.15) is 25.8 Å². The highest BCUT2D eigenvalue weighted by molar-refractivity contribution is 5.72. The monoisotopic (exact) mass is 267 g/mol. The van der Waals surface area contributed by atoms with Crippen LogP contribution < -0.4 is 4.74 Å². The molecule has 0 heterocycles. The SMILES string of the molecule is CCC(=O)OCc1cccc([N+](=O)[O-])c1OC(C)=O. The molecule has 7 nitrogen and oxygen atoms in total. The summed E-state index contributed by atoms with van der Waals surface area (Å²) in [6, 6.07) is 4.14. The fourth-order valence-electron chi connectivity index (χ4n) is 1.35. The first-order valence-corrected chi connectivity index (χ1v) is 5.56. The highest BCUT2D eigenvalue weighted by Gasteiger charge is 2.21. The Morgan fingerprint density at radius 2 is 2.05 bits per heavy atom. The lowest BCUT2D eigenvalue weighted by Gasteiger charge is -2.09. The normalized spacial score (nSPS) is 9.79. The van der Waals surface area contributed by atoms with Gasteiger partial charge in [-0.2, -0.15) is 0 Å². The topological polar surface area (TPSA) is 95.7 Å². The molecule has 0 radical (unpaired) electrons. The van der Waals surface area contributed by atoms with Gasteiger partial charge in [-0.15, -0.1) is 0 Å². The third-order valence-electron chi connectivity index (χ3n) is 2.20. The summed E-state index contributed by atoms with van der Waals surface area (Å²) < 4.78 is 9.71. The Labute approximate surface area is 109 Å². The lowest BCUT2D eigenvalue weighted by Crippen LogP contribution is -2.09. The van der Waals surface area contributed by atoms with E-state index in [0.29, 0.717) is 0 Å². The maximum Gasteiger partial charge on any atom is 0.312 e. The van der Waals surface area contributed by atoms with E-state index in [1.54, 1.807) is 6.92 Å². The van der Waals surface area contributed by atoms with Crippen LogP contribution in [0.15, 0.2) is 18.2 Å². The molecule has 0 atom stereocenters. The van der Waals surface area contributed by atoms with Gasteiger partial charge in [-0.25, -0.2) is 0 Å². The number of carbonyl (C=O) groups excluding carboxylic acids is 2. The fraction of sp³-hybridized carbons (Fsp3) is 0.333. The van der Waals surface area contributed by atoms with Gasteiger partial charge in [0.25, 0.3) is 0 Å². The van der Waals surface area contributed by atoms with Gasteiger partial charge in [0.15, 0.2) is 0 Å². The van der Waals surface area contributed by atoms with Gasteiger partial charge in [0.2, 0.25) is 5.75 Å². The number of hydrogen-bond donors (Lipinski definition) is 0. The van der Waals surface area contributed by atoms with Crippen molar-refractivity contribution in [2.75, 3.05) is 0 Å². The molecule has 1 aromatic rings. The summed E-state index contributed by atoms with van der Waals surface area (Å²) in [5.41, 5.74) is -0.0774. The van der Waals surface area contributed by atoms with Crippen LogP contribution in [0, 0.1) is 10.1 Å². The Morgan fingerprint density at radius 1 is 1.37 bits per heavy atom. The van der Waals surface area contributed by atoms with Gasteiger partial charge in [-0.1, -0.05) is 19.1 Å². The van der Waals surface area contributed by atoms with Crippen molar-refractivity contribution in [2.45, 2.75) is 26.9 Å². The minimum atomic E-state index is -0.683. The summed E-state index contributed by atoms with van der Waals surface area (Å²) in [5.74, 6) is -1.32. The number of esters is 2. The van der Waals surface area contributed by atoms with Gasteiger partial charge in [0, 0.05) is 25.0 Å². The summed E-state index contributed by atoms with van der Waals surface area (Å²) in [5, 5.41) is 10.9. The molecule has 0 saturated heterocycles. The standard InChI is InChI=1S/C12H13NO6/c1-3-11(15)18-7-9-5-4-6-10(13(16)17)12(9)19-8(2)14/h4-6H,3,7H2,1-2H3. The van der Waals surface area contributed by atoms with Crippen molar-refractivity contribution in [1.29, 1.82) is 0 Å². The molecule has 1 aromatic carbocycles. The zero-order valence-electron chi connectivity index (χ0n) is 10.5. The van der Waals surface area contributed by atoms with Crippen LogP contribution in [-0.4, -0.2) is 16.9 Å². The number of carbonyl (C=O) groups is 2. The van der Waals surface area contributed by atoms with E-state index in [0.717, 1.165) is 6.92 Å². The van der Waals surface area contributed by atoms with Gasteiger partial charge in [-0.05, 0) is 0 Å². The maximum absolute atomic E-state index is 11.1. The van der Waals surface area contributed by atoms with E-state index in [4.69, 9.17) is 9.47 Å². The van der Waals surface area contributed by atoms with Gasteiger partial charge < -0.3 is 9.47 Å². The maximum atomic E-state index is 11.1. The first-order chi connectivity index (χ1) is 8.95. The minimum Gasteiger partial charge on any atom is -0.461 e. The van der Waals surface area contributed by atoms with E-state index >= 15 is 0 Å². The third kappa shape index (κ3) is 4.06. The molecular formula is C12H13NO6. The molecule has 1 rings (SSSR count). The van der Waals surface area contributed by atoms with E-state index in [9.17, 15) is 19.7 Å². The quantitative estimate of drug-likeness (QED) is 0.350. The molecule has 7 heteroatoms. The van der Waals surface area contributed by atoms with Crippen molar-refractivity contribution in [3.63, 3.8) is 0 Å². The number of ether oxygens (including phenoxy) is 2. The molecule has 0 saturated carbocycles. The number of nitro groups is 1. The molecule has 0 aliphatic rings. The van der Waals surface area contributed by atoms with Crippen LogP contribution in [0.25, 0.3) is 0 Å². The Kier molecular flexibility index (Phi) is 4.99. The highest BCUT2D eigenvalue weighted by atomic mass is 16.6. The van der Waals surface area contributed by atoms with Crippen LogP contribution in [0.5, 0.6) is 5.75 Å². The average Bonchev–Trinajstić information content (AvgIpc) is 2.35. The van der Waals surface area contributed by atoms with E-state index < -0.39 is 16.9 Å². The molecule has 0 unspecified atom stereocenters. The Bertz CT molecular complexity index is 511. The minimum absolute atomic E-state index is 0.184. The number of rotatable bonds is 5. The van der Waals surface area contributed by atoms with Crippen LogP contribution >= 0.6 is 0 Å². The van der Waals surface area contributed by atoms with Crippen molar-refractivity contribution < 1.29 is 24.0 Å². The molecule has 0 aliphatic heterocycles. The number of benzene rings is 1. The third-order valence-corrected chi connectivity index (χ3v) is 2.20. The fourth-order valence-corrected chi connectivity index (χ4v) is 1.35. The second-order valence-electron chi connectivity index (χ2n) is 3.63. The summed E-state index contributed by atoms with van der Waals surface area (Å²) in [6.07, 6.45) is 0.192. The Morgan fingerprint density at radius 3 is 2.58 bits per heavy atom. The Balaban J connectivity index is 3.07. The van der Waals surface area contributed by atoms with Crippen molar-refractivity contribution in [3.8, 4) is 5.75 Å². The summed E-state index contributed by atoms with van der Waals surface area (Å²) >= 11 is 0. The molecule has 0 spiro atoms. The van der Waals surface area contributed by atoms with E-state index in [-0.39, 0.29) is 30.0 Å². The van der Waals surface area contributed by atoms with Crippen LogP contribution in [0.4, 0.5) is 5.69 Å². The van der Waals surface area contributed by atoms with Crippen LogP contribution in [-0.2, 0) is 20.9 Å². The van der Waals surface area contributed by atoms with Gasteiger partial charge >= 0.3 is 17.6 Å². The first kappa shape index (κ1) is 14.6. The zero-order chi connectivity index (χ0) is 14.4. The number of nitrogens with zero attached hydrogens (tertiary/aromatic N) is 1. The largest absolute Gasteiger partial charge is 0.461 e. The van der Waals surface area contributed by atoms with Gasteiger partial charge in [0.1, 0.15) is 6.61 Å². The molecule has 0 fully saturated rings. The predicted octanol–water partition coefficient (Wildman–Crippen LogP) is 1.97. The lowest BCUT2D eigenvalue weighted by molar-refractivity contribution is -0.385. The number of hydrogen-bond acceptors (Lipinski definition) is 6. The Hall–Kier alpha value is -2.44. The molecule has 0 aliphatic carbocycles. The number of nitro benzene ring substituents is 1. The predicted molar refractivity (Wildman–Crippen MR) is 64.5 cm³/mol. The van der Waals surface area contributed by atoms with Crippen LogP contribution in [0.2, 0.25) is 0 Å². The van der Waals surface area contributed by atoms with Crippen molar-refractivity contribution in [2.24, 2.45) is 0 Å². The summed E-state index contributed by atoms with van der Waals surface area (Å²) in [7, 11) is 0. The average molecular weight is 267 g/mol. The van der Waals surface area contributed by atoms with E-state index in [2.05, 4.69) is 0 Å². The molecular weight excluding hydrogens is 254 g/mol. The van der Waals surface area contributed by atoms with Crippen molar-refractivity contribution >= 4 is 17.6 Å². The van der Waals surface area contributed by atoms with Crippen molar-refractivity contribution in [1.82, 2.24) is 0 Å². The second-order valence-corrected chi connectivity index (χ2v) is 3.63. The lowest BCUT2D eigenvalue weighted by atomic mass is 10.2. The van der Waals surface area contributed by atoms with Gasteiger partial charge in [0.05, 0.1) is 4.92 Å². The van der Waals surface area contributed by atoms with E-state index in [1.165, 1.54) is 18.2 Å². The zero-order valence-corrected chi connectivity index (χ0v) is 10.5. The van der Waals surface area contributed by atoms with E-state index in [1.807, 2.05) is 0 Å².